The molecule has 1 saturated heterocycles. The molecule has 0 amide bonds. The van der Waals surface area contributed by atoms with Crippen molar-refractivity contribution in [2.45, 2.75) is 6.54 Å². The minimum Gasteiger partial charge on any atom is -0.369 e. The van der Waals surface area contributed by atoms with Crippen LogP contribution in [0.25, 0.3) is 0 Å². The minimum absolute atomic E-state index is 0.685. The molecule has 1 fully saturated rings. The van der Waals surface area contributed by atoms with Crippen LogP contribution < -0.4 is 10.2 Å². The molecule has 18 heavy (non-hydrogen) atoms. The van der Waals surface area contributed by atoms with Gasteiger partial charge in [-0.05, 0) is 24.7 Å². The Bertz CT molecular complexity index is 485. The van der Waals surface area contributed by atoms with Crippen LogP contribution in [0.1, 0.15) is 11.1 Å². The van der Waals surface area contributed by atoms with Crippen LogP contribution in [0.5, 0.6) is 0 Å². The first-order valence-electron chi connectivity index (χ1n) is 6.02. The maximum atomic E-state index is 11.3. The van der Waals surface area contributed by atoms with Crippen molar-refractivity contribution in [1.29, 1.82) is 5.26 Å². The van der Waals surface area contributed by atoms with Crippen molar-refractivity contribution in [3.8, 4) is 6.07 Å². The molecule has 1 aromatic rings. The maximum Gasteiger partial charge on any atom is 0.101 e. The summed E-state index contributed by atoms with van der Waals surface area (Å²) in [5.74, 6) is 1.40. The van der Waals surface area contributed by atoms with Crippen LogP contribution in [-0.4, -0.2) is 35.9 Å². The van der Waals surface area contributed by atoms with Gasteiger partial charge in [-0.1, -0.05) is 6.07 Å². The van der Waals surface area contributed by atoms with Crippen LogP contribution in [0.2, 0.25) is 0 Å². The lowest BCUT2D eigenvalue weighted by Crippen LogP contribution is -2.38. The summed E-state index contributed by atoms with van der Waals surface area (Å²) in [6.45, 7) is 2.30. The van der Waals surface area contributed by atoms with Crippen LogP contribution in [-0.2, 0) is 17.3 Å². The van der Waals surface area contributed by atoms with Gasteiger partial charge in [-0.3, -0.25) is 4.21 Å². The first kappa shape index (κ1) is 13.1. The van der Waals surface area contributed by atoms with Crippen molar-refractivity contribution in [1.82, 2.24) is 5.32 Å². The second-order valence-corrected chi connectivity index (χ2v) is 6.02. The standard InChI is InChI=1S/C13H17N3OS/c1-15-10-11-2-3-13(12(8-11)9-14)16-4-6-18(17)7-5-16/h2-3,8,15H,4-7,10H2,1H3. The normalized spacial score (nSPS) is 16.6. The van der Waals surface area contributed by atoms with E-state index >= 15 is 0 Å². The molecule has 0 saturated carbocycles. The Kier molecular flexibility index (Phi) is 4.34. The fourth-order valence-corrected chi connectivity index (χ4v) is 3.19. The van der Waals surface area contributed by atoms with Crippen molar-refractivity contribution < 1.29 is 4.21 Å². The highest BCUT2D eigenvalue weighted by molar-refractivity contribution is 7.85. The molecule has 0 atom stereocenters. The zero-order valence-corrected chi connectivity index (χ0v) is 11.3. The fourth-order valence-electron chi connectivity index (χ4n) is 2.14. The molecule has 1 aliphatic heterocycles. The van der Waals surface area contributed by atoms with Crippen molar-refractivity contribution in [3.63, 3.8) is 0 Å². The Morgan fingerprint density at radius 1 is 1.44 bits per heavy atom. The summed E-state index contributed by atoms with van der Waals surface area (Å²) in [7, 11) is 1.20. The molecule has 0 aliphatic carbocycles. The maximum absolute atomic E-state index is 11.3. The van der Waals surface area contributed by atoms with E-state index in [9.17, 15) is 9.47 Å². The summed E-state index contributed by atoms with van der Waals surface area (Å²) in [5.41, 5.74) is 2.78. The molecule has 1 N–H and O–H groups in total. The monoisotopic (exact) mass is 263 g/mol. The van der Waals surface area contributed by atoms with Crippen LogP contribution in [0.4, 0.5) is 5.69 Å². The van der Waals surface area contributed by atoms with E-state index in [1.807, 2.05) is 25.2 Å². The van der Waals surface area contributed by atoms with Crippen LogP contribution in [0, 0.1) is 11.3 Å². The summed E-state index contributed by atoms with van der Waals surface area (Å²) in [6, 6.07) is 8.22. The predicted molar refractivity (Wildman–Crippen MR) is 74.0 cm³/mol. The molecular weight excluding hydrogens is 246 g/mol. The number of nitrogens with zero attached hydrogens (tertiary/aromatic N) is 2. The van der Waals surface area contributed by atoms with E-state index in [2.05, 4.69) is 16.3 Å². The van der Waals surface area contributed by atoms with Gasteiger partial charge in [-0.2, -0.15) is 5.26 Å². The summed E-state index contributed by atoms with van der Waals surface area (Å²) < 4.78 is 11.3. The van der Waals surface area contributed by atoms with Gasteiger partial charge in [0.25, 0.3) is 0 Å². The molecule has 0 radical (unpaired) electrons. The Morgan fingerprint density at radius 3 is 2.78 bits per heavy atom. The summed E-state index contributed by atoms with van der Waals surface area (Å²) in [5, 5.41) is 12.3. The van der Waals surface area contributed by atoms with E-state index in [1.54, 1.807) is 0 Å². The zero-order chi connectivity index (χ0) is 13.0. The predicted octanol–water partition coefficient (Wildman–Crippen LogP) is 0.846. The fraction of sp³-hybridized carbons (Fsp3) is 0.462. The van der Waals surface area contributed by atoms with Crippen LogP contribution in [0.15, 0.2) is 18.2 Å². The molecule has 96 valence electrons. The van der Waals surface area contributed by atoms with E-state index in [0.29, 0.717) is 17.1 Å². The van der Waals surface area contributed by atoms with E-state index in [-0.39, 0.29) is 0 Å². The largest absolute Gasteiger partial charge is 0.369 e. The second-order valence-electron chi connectivity index (χ2n) is 4.33. The number of hydrogen-bond donors (Lipinski definition) is 1. The Labute approximate surface area is 110 Å². The SMILES string of the molecule is CNCc1ccc(N2CCS(=O)CC2)c(C#N)c1. The average Bonchev–Trinajstić information content (AvgIpc) is 2.40. The van der Waals surface area contributed by atoms with Gasteiger partial charge in [0.15, 0.2) is 0 Å². The smallest absolute Gasteiger partial charge is 0.101 e. The lowest BCUT2D eigenvalue weighted by Gasteiger charge is -2.29. The number of rotatable bonds is 3. The summed E-state index contributed by atoms with van der Waals surface area (Å²) >= 11 is 0. The molecule has 1 aliphatic rings. The van der Waals surface area contributed by atoms with Crippen molar-refractivity contribution in [2.75, 3.05) is 36.5 Å². The Balaban J connectivity index is 2.22. The molecular formula is C13H17N3OS. The number of hydrogen-bond acceptors (Lipinski definition) is 4. The van der Waals surface area contributed by atoms with E-state index in [0.717, 1.165) is 30.9 Å². The number of anilines is 1. The number of nitriles is 1. The molecule has 0 spiro atoms. The van der Waals surface area contributed by atoms with Gasteiger partial charge < -0.3 is 10.2 Å². The average molecular weight is 263 g/mol. The van der Waals surface area contributed by atoms with Crippen molar-refractivity contribution in [2.24, 2.45) is 0 Å². The van der Waals surface area contributed by atoms with Crippen LogP contribution >= 0.6 is 0 Å². The van der Waals surface area contributed by atoms with Crippen molar-refractivity contribution >= 4 is 16.5 Å². The van der Waals surface area contributed by atoms with Gasteiger partial charge >= 0.3 is 0 Å². The van der Waals surface area contributed by atoms with Gasteiger partial charge in [-0.25, -0.2) is 0 Å². The van der Waals surface area contributed by atoms with Crippen LogP contribution in [0.3, 0.4) is 0 Å². The quantitative estimate of drug-likeness (QED) is 0.878. The molecule has 4 nitrogen and oxygen atoms in total. The summed E-state index contributed by atoms with van der Waals surface area (Å²) in [6.07, 6.45) is 0. The lowest BCUT2D eigenvalue weighted by molar-refractivity contribution is 0.673. The highest BCUT2D eigenvalue weighted by atomic mass is 32.2. The molecule has 1 aromatic carbocycles. The van der Waals surface area contributed by atoms with Gasteiger partial charge in [0.05, 0.1) is 11.3 Å². The molecule has 1 heterocycles. The van der Waals surface area contributed by atoms with Gasteiger partial charge in [-0.15, -0.1) is 0 Å². The minimum atomic E-state index is -0.685. The Morgan fingerprint density at radius 2 is 2.17 bits per heavy atom. The third kappa shape index (κ3) is 2.89. The highest BCUT2D eigenvalue weighted by Crippen LogP contribution is 2.22. The molecule has 2 rings (SSSR count). The summed E-state index contributed by atoms with van der Waals surface area (Å²) in [4.78, 5) is 2.16. The van der Waals surface area contributed by atoms with E-state index < -0.39 is 10.8 Å². The Hall–Kier alpha value is -1.38. The molecule has 0 bridgehead atoms. The third-order valence-electron chi connectivity index (χ3n) is 3.08. The highest BCUT2D eigenvalue weighted by Gasteiger charge is 2.18. The lowest BCUT2D eigenvalue weighted by atomic mass is 10.1. The zero-order valence-electron chi connectivity index (χ0n) is 10.5. The van der Waals surface area contributed by atoms with Gasteiger partial charge in [0, 0.05) is 41.9 Å². The molecule has 0 unspecified atom stereocenters. The van der Waals surface area contributed by atoms with E-state index in [1.165, 1.54) is 0 Å². The van der Waals surface area contributed by atoms with E-state index in [4.69, 9.17) is 0 Å². The number of benzene rings is 1. The topological polar surface area (TPSA) is 56.1 Å². The number of nitrogens with one attached hydrogen (secondary N) is 1. The third-order valence-corrected chi connectivity index (χ3v) is 4.36. The van der Waals surface area contributed by atoms with Gasteiger partial charge in [0.1, 0.15) is 6.07 Å². The first-order valence-corrected chi connectivity index (χ1v) is 7.51. The van der Waals surface area contributed by atoms with Crippen molar-refractivity contribution in [3.05, 3.63) is 29.3 Å². The second kappa shape index (κ2) is 5.98. The molecule has 0 aromatic heterocycles. The van der Waals surface area contributed by atoms with Gasteiger partial charge in [0.2, 0.25) is 0 Å². The first-order chi connectivity index (χ1) is 8.74. The molecule has 5 heteroatoms.